The Balaban J connectivity index is 1.75. The number of benzene rings is 1. The van der Waals surface area contributed by atoms with Crippen LogP contribution in [0.3, 0.4) is 0 Å². The van der Waals surface area contributed by atoms with E-state index in [2.05, 4.69) is 28.5 Å². The summed E-state index contributed by atoms with van der Waals surface area (Å²) in [6.07, 6.45) is 3.70. The van der Waals surface area contributed by atoms with Gasteiger partial charge in [0.05, 0.1) is 6.21 Å². The highest BCUT2D eigenvalue weighted by atomic mass is 32.1. The van der Waals surface area contributed by atoms with E-state index in [-0.39, 0.29) is 0 Å². The van der Waals surface area contributed by atoms with Gasteiger partial charge in [-0.3, -0.25) is 5.43 Å². The number of hydrazone groups is 1. The number of para-hydroxylation sites is 1. The minimum Gasteiger partial charge on any atom is -0.360 e. The molecule has 0 aliphatic carbocycles. The highest BCUT2D eigenvalue weighted by molar-refractivity contribution is 7.80. The Morgan fingerprint density at radius 2 is 2.15 bits per heavy atom. The number of thiophene rings is 1. The van der Waals surface area contributed by atoms with Gasteiger partial charge >= 0.3 is 0 Å². The molecule has 2 heterocycles. The molecule has 0 saturated carbocycles. The number of H-pyrrole nitrogens is 1. The van der Waals surface area contributed by atoms with Crippen LogP contribution in [0, 0.1) is 6.92 Å². The second-order valence-corrected chi connectivity index (χ2v) is 6.12. The van der Waals surface area contributed by atoms with Crippen LogP contribution in [-0.2, 0) is 0 Å². The van der Waals surface area contributed by atoms with E-state index in [0.29, 0.717) is 4.99 Å². The monoisotopic (exact) mass is 299 g/mol. The number of thiocarbonyl (C=S) groups is 1. The fourth-order valence-electron chi connectivity index (χ4n) is 2.00. The molecule has 0 spiro atoms. The third-order valence-electron chi connectivity index (χ3n) is 2.95. The van der Waals surface area contributed by atoms with Crippen molar-refractivity contribution in [2.75, 3.05) is 0 Å². The molecule has 0 unspecified atom stereocenters. The van der Waals surface area contributed by atoms with Crippen molar-refractivity contribution in [3.05, 3.63) is 57.9 Å². The lowest BCUT2D eigenvalue weighted by Crippen LogP contribution is -2.15. The molecule has 3 aromatic rings. The second kappa shape index (κ2) is 5.56. The Morgan fingerprint density at radius 1 is 1.30 bits per heavy atom. The van der Waals surface area contributed by atoms with E-state index in [4.69, 9.17) is 12.2 Å². The first-order chi connectivity index (χ1) is 9.74. The van der Waals surface area contributed by atoms with Crippen LogP contribution in [-0.4, -0.2) is 16.2 Å². The van der Waals surface area contributed by atoms with E-state index in [9.17, 15) is 0 Å². The van der Waals surface area contributed by atoms with E-state index in [0.717, 1.165) is 21.3 Å². The minimum atomic E-state index is 0.618. The normalized spacial score (nSPS) is 11.2. The zero-order valence-electron chi connectivity index (χ0n) is 10.9. The summed E-state index contributed by atoms with van der Waals surface area (Å²) in [4.78, 5) is 6.20. The number of hydrogen-bond acceptors (Lipinski definition) is 3. The van der Waals surface area contributed by atoms with Crippen LogP contribution in [0.2, 0.25) is 0 Å². The number of nitrogens with zero attached hydrogens (tertiary/aromatic N) is 1. The average molecular weight is 299 g/mol. The lowest BCUT2D eigenvalue weighted by atomic mass is 10.2. The lowest BCUT2D eigenvalue weighted by Gasteiger charge is -2.00. The van der Waals surface area contributed by atoms with Gasteiger partial charge in [-0.2, -0.15) is 5.10 Å². The van der Waals surface area contributed by atoms with Crippen LogP contribution in [0.15, 0.2) is 47.7 Å². The van der Waals surface area contributed by atoms with Gasteiger partial charge < -0.3 is 4.98 Å². The van der Waals surface area contributed by atoms with Crippen molar-refractivity contribution in [2.24, 2.45) is 5.10 Å². The summed E-state index contributed by atoms with van der Waals surface area (Å²) in [5.41, 5.74) is 4.96. The number of hydrogen-bond donors (Lipinski definition) is 2. The maximum atomic E-state index is 5.38. The van der Waals surface area contributed by atoms with Crippen molar-refractivity contribution in [1.29, 1.82) is 0 Å². The maximum Gasteiger partial charge on any atom is 0.128 e. The van der Waals surface area contributed by atoms with Crippen LogP contribution in [0.25, 0.3) is 10.9 Å². The van der Waals surface area contributed by atoms with Gasteiger partial charge in [-0.05, 0) is 25.1 Å². The van der Waals surface area contributed by atoms with Gasteiger partial charge in [0, 0.05) is 32.4 Å². The molecule has 100 valence electrons. The highest BCUT2D eigenvalue weighted by Gasteiger charge is 2.06. The van der Waals surface area contributed by atoms with E-state index >= 15 is 0 Å². The van der Waals surface area contributed by atoms with Crippen molar-refractivity contribution in [3.63, 3.8) is 0 Å². The molecule has 20 heavy (non-hydrogen) atoms. The predicted molar refractivity (Wildman–Crippen MR) is 89.8 cm³/mol. The van der Waals surface area contributed by atoms with Crippen molar-refractivity contribution in [1.82, 2.24) is 10.4 Å². The maximum absolute atomic E-state index is 5.38. The van der Waals surface area contributed by atoms with E-state index < -0.39 is 0 Å². The molecule has 1 aromatic carbocycles. The molecule has 0 radical (unpaired) electrons. The van der Waals surface area contributed by atoms with Crippen LogP contribution in [0.1, 0.15) is 15.3 Å². The van der Waals surface area contributed by atoms with Gasteiger partial charge in [-0.1, -0.05) is 30.4 Å². The number of fused-ring (bicyclic) bond motifs is 1. The highest BCUT2D eigenvalue weighted by Crippen LogP contribution is 2.18. The summed E-state index contributed by atoms with van der Waals surface area (Å²) in [5, 5.41) is 5.30. The van der Waals surface area contributed by atoms with Crippen molar-refractivity contribution in [2.45, 2.75) is 6.92 Å². The molecule has 0 atom stereocenters. The fraction of sp³-hybridized carbons (Fsp3) is 0.0667. The molecule has 0 amide bonds. The van der Waals surface area contributed by atoms with Gasteiger partial charge in [-0.15, -0.1) is 11.3 Å². The van der Waals surface area contributed by atoms with Crippen molar-refractivity contribution in [3.8, 4) is 0 Å². The molecule has 3 rings (SSSR count). The van der Waals surface area contributed by atoms with Crippen LogP contribution < -0.4 is 5.43 Å². The summed E-state index contributed by atoms with van der Waals surface area (Å²) >= 11 is 7.08. The molecule has 0 bridgehead atoms. The molecule has 2 aromatic heterocycles. The first kappa shape index (κ1) is 13.0. The predicted octanol–water partition coefficient (Wildman–Crippen LogP) is 3.84. The molecule has 0 saturated heterocycles. The van der Waals surface area contributed by atoms with Gasteiger partial charge in [0.1, 0.15) is 4.99 Å². The topological polar surface area (TPSA) is 40.2 Å². The number of aryl methyl sites for hydroxylation is 1. The van der Waals surface area contributed by atoms with Crippen LogP contribution >= 0.6 is 23.6 Å². The Bertz CT molecular complexity index is 783. The fourth-order valence-corrected chi connectivity index (χ4v) is 2.97. The van der Waals surface area contributed by atoms with Gasteiger partial charge in [0.15, 0.2) is 0 Å². The quantitative estimate of drug-likeness (QED) is 0.438. The SMILES string of the molecule is Cc1ccc(/C=N/NC(=S)c2c[nH]c3ccccc23)s1. The molecular weight excluding hydrogens is 286 g/mol. The summed E-state index contributed by atoms with van der Waals surface area (Å²) in [5.74, 6) is 0. The Labute approximate surface area is 126 Å². The largest absolute Gasteiger partial charge is 0.360 e. The van der Waals surface area contributed by atoms with Gasteiger partial charge in [0.25, 0.3) is 0 Å². The molecule has 2 N–H and O–H groups in total. The number of rotatable bonds is 3. The zero-order valence-corrected chi connectivity index (χ0v) is 12.5. The first-order valence-electron chi connectivity index (χ1n) is 6.20. The average Bonchev–Trinajstić information content (AvgIpc) is 3.05. The second-order valence-electron chi connectivity index (χ2n) is 4.40. The van der Waals surface area contributed by atoms with Gasteiger partial charge in [0.2, 0.25) is 0 Å². The lowest BCUT2D eigenvalue weighted by molar-refractivity contribution is 1.06. The Kier molecular flexibility index (Phi) is 3.62. The summed E-state index contributed by atoms with van der Waals surface area (Å²) in [6.45, 7) is 2.08. The van der Waals surface area contributed by atoms with Crippen molar-refractivity contribution >= 4 is 45.7 Å². The first-order valence-corrected chi connectivity index (χ1v) is 7.42. The van der Waals surface area contributed by atoms with Crippen LogP contribution in [0.4, 0.5) is 0 Å². The summed E-state index contributed by atoms with van der Waals surface area (Å²) < 4.78 is 0. The van der Waals surface area contributed by atoms with Crippen molar-refractivity contribution < 1.29 is 0 Å². The Hall–Kier alpha value is -1.98. The number of aromatic amines is 1. The van der Waals surface area contributed by atoms with E-state index in [1.807, 2.05) is 36.5 Å². The minimum absolute atomic E-state index is 0.618. The molecule has 0 aliphatic rings. The number of aromatic nitrogens is 1. The molecule has 3 nitrogen and oxygen atoms in total. The molecule has 0 fully saturated rings. The smallest absolute Gasteiger partial charge is 0.128 e. The molecule has 0 aliphatic heterocycles. The third kappa shape index (κ3) is 2.64. The van der Waals surface area contributed by atoms with E-state index in [1.54, 1.807) is 17.6 Å². The third-order valence-corrected chi connectivity index (χ3v) is 4.20. The zero-order chi connectivity index (χ0) is 13.9. The molecule has 5 heteroatoms. The van der Waals surface area contributed by atoms with E-state index in [1.165, 1.54) is 4.88 Å². The standard InChI is InChI=1S/C15H13N3S2/c1-10-6-7-11(20-10)8-17-18-15(19)13-9-16-14-5-3-2-4-12(13)14/h2-9,16H,1H3,(H,18,19)/b17-8+. The number of nitrogens with one attached hydrogen (secondary N) is 2. The summed E-state index contributed by atoms with van der Waals surface area (Å²) in [7, 11) is 0. The van der Waals surface area contributed by atoms with Crippen LogP contribution in [0.5, 0.6) is 0 Å². The Morgan fingerprint density at radius 3 is 2.95 bits per heavy atom. The summed E-state index contributed by atoms with van der Waals surface area (Å²) in [6, 6.07) is 12.2. The van der Waals surface area contributed by atoms with Gasteiger partial charge in [-0.25, -0.2) is 0 Å². The molecular formula is C15H13N3S2.